The summed E-state index contributed by atoms with van der Waals surface area (Å²) in [6, 6.07) is 51.9. The summed E-state index contributed by atoms with van der Waals surface area (Å²) in [7, 11) is 0. The number of fused-ring (bicyclic) bond motifs is 10. The maximum absolute atomic E-state index is 6.87. The van der Waals surface area contributed by atoms with Gasteiger partial charge in [0.1, 0.15) is 16.7 Å². The summed E-state index contributed by atoms with van der Waals surface area (Å²) in [5, 5.41) is 6.45. The highest BCUT2D eigenvalue weighted by Crippen LogP contribution is 2.46. The molecule has 0 fully saturated rings. The highest BCUT2D eigenvalue weighted by atomic mass is 16.3. The minimum absolute atomic E-state index is 0.558. The van der Waals surface area contributed by atoms with Gasteiger partial charge in [0.15, 0.2) is 23.1 Å². The molecule has 0 aliphatic heterocycles. The van der Waals surface area contributed by atoms with E-state index >= 15 is 0 Å². The van der Waals surface area contributed by atoms with Crippen molar-refractivity contribution in [3.05, 3.63) is 157 Å². The lowest BCUT2D eigenvalue weighted by atomic mass is 10.0. The molecule has 0 bridgehead atoms. The van der Waals surface area contributed by atoms with Crippen molar-refractivity contribution in [1.82, 2.24) is 19.5 Å². The number of para-hydroxylation sites is 3. The molecular weight excluding hydrogens is 641 g/mol. The molecule has 4 heterocycles. The molecule has 0 aliphatic rings. The van der Waals surface area contributed by atoms with Gasteiger partial charge < -0.3 is 13.4 Å². The van der Waals surface area contributed by atoms with Crippen molar-refractivity contribution in [3.8, 4) is 39.9 Å². The summed E-state index contributed by atoms with van der Waals surface area (Å²) in [5.41, 5.74) is 9.99. The van der Waals surface area contributed by atoms with E-state index in [2.05, 4.69) is 78.2 Å². The minimum Gasteiger partial charge on any atom is -0.455 e. The number of aryl methyl sites for hydroxylation is 1. The van der Waals surface area contributed by atoms with Gasteiger partial charge in [0.2, 0.25) is 0 Å². The van der Waals surface area contributed by atoms with Crippen LogP contribution in [0.3, 0.4) is 0 Å². The normalized spacial score (nSPS) is 11.9. The van der Waals surface area contributed by atoms with Crippen LogP contribution in [0, 0.1) is 6.92 Å². The van der Waals surface area contributed by atoms with Gasteiger partial charge in [-0.1, -0.05) is 121 Å². The fraction of sp³-hybridized carbons (Fsp3) is 0.0217. The van der Waals surface area contributed by atoms with Gasteiger partial charge in [0, 0.05) is 38.1 Å². The van der Waals surface area contributed by atoms with Gasteiger partial charge in [0.05, 0.1) is 27.7 Å². The summed E-state index contributed by atoms with van der Waals surface area (Å²) in [6.45, 7) is 2.12. The number of aromatic nitrogens is 4. The van der Waals surface area contributed by atoms with Crippen molar-refractivity contribution in [2.75, 3.05) is 0 Å². The number of benzene rings is 7. The van der Waals surface area contributed by atoms with E-state index in [-0.39, 0.29) is 0 Å². The zero-order valence-corrected chi connectivity index (χ0v) is 28.0. The molecule has 6 nitrogen and oxygen atoms in total. The number of nitrogens with zero attached hydrogens (tertiary/aromatic N) is 4. The predicted molar refractivity (Wildman–Crippen MR) is 210 cm³/mol. The van der Waals surface area contributed by atoms with Crippen molar-refractivity contribution in [2.24, 2.45) is 0 Å². The van der Waals surface area contributed by atoms with E-state index in [1.807, 2.05) is 84.9 Å². The van der Waals surface area contributed by atoms with Gasteiger partial charge in [-0.25, -0.2) is 15.0 Å². The maximum atomic E-state index is 6.87. The van der Waals surface area contributed by atoms with Crippen LogP contribution in [0.5, 0.6) is 0 Å². The highest BCUT2D eigenvalue weighted by molar-refractivity contribution is 6.23. The molecule has 0 atom stereocenters. The average molecular weight is 669 g/mol. The molecule has 7 aromatic carbocycles. The highest BCUT2D eigenvalue weighted by Gasteiger charge is 2.26. The van der Waals surface area contributed by atoms with Crippen molar-refractivity contribution < 1.29 is 8.83 Å². The average Bonchev–Trinajstić information content (AvgIpc) is 3.88. The second kappa shape index (κ2) is 11.0. The van der Waals surface area contributed by atoms with Crippen molar-refractivity contribution in [2.45, 2.75) is 6.92 Å². The lowest BCUT2D eigenvalue weighted by Gasteiger charge is -2.15. The van der Waals surface area contributed by atoms with Gasteiger partial charge in [-0.3, -0.25) is 0 Å². The first-order valence-electron chi connectivity index (χ1n) is 17.4. The summed E-state index contributed by atoms with van der Waals surface area (Å²) in [5.74, 6) is 1.77. The Labute approximate surface area is 297 Å². The molecular formula is C46H28N4O2. The first kappa shape index (κ1) is 28.8. The molecule has 244 valence electrons. The quantitative estimate of drug-likeness (QED) is 0.187. The van der Waals surface area contributed by atoms with Crippen LogP contribution in [-0.4, -0.2) is 19.5 Å². The van der Waals surface area contributed by atoms with Crippen LogP contribution in [0.4, 0.5) is 0 Å². The number of hydrogen-bond acceptors (Lipinski definition) is 5. The van der Waals surface area contributed by atoms with Gasteiger partial charge >= 0.3 is 0 Å². The SMILES string of the molecule is Cc1cc(-n2c3ccccc3c3ccc4c5ccccc5oc4c32)c2c(oc3ccccc32)c1-c1nc(-c2ccccc2)nc(-c2ccccc2)n1. The van der Waals surface area contributed by atoms with Crippen LogP contribution < -0.4 is 0 Å². The predicted octanol–water partition coefficient (Wildman–Crippen LogP) is 12.1. The van der Waals surface area contributed by atoms with Gasteiger partial charge in [-0.15, -0.1) is 0 Å². The largest absolute Gasteiger partial charge is 0.455 e. The summed E-state index contributed by atoms with van der Waals surface area (Å²) in [4.78, 5) is 15.2. The van der Waals surface area contributed by atoms with Crippen LogP contribution >= 0.6 is 0 Å². The summed E-state index contributed by atoms with van der Waals surface area (Å²) in [6.07, 6.45) is 0. The topological polar surface area (TPSA) is 69.9 Å². The third kappa shape index (κ3) is 4.15. The van der Waals surface area contributed by atoms with Crippen molar-refractivity contribution in [3.63, 3.8) is 0 Å². The zero-order valence-electron chi connectivity index (χ0n) is 28.0. The Morgan fingerprint density at radius 1 is 0.462 bits per heavy atom. The Morgan fingerprint density at radius 3 is 1.71 bits per heavy atom. The van der Waals surface area contributed by atoms with Crippen molar-refractivity contribution >= 4 is 65.7 Å². The fourth-order valence-electron chi connectivity index (χ4n) is 7.86. The first-order chi connectivity index (χ1) is 25.7. The van der Waals surface area contributed by atoms with Gasteiger partial charge in [-0.2, -0.15) is 0 Å². The Kier molecular flexibility index (Phi) is 6.07. The fourth-order valence-corrected chi connectivity index (χ4v) is 7.86. The van der Waals surface area contributed by atoms with Crippen LogP contribution in [-0.2, 0) is 0 Å². The number of furan rings is 2. The third-order valence-electron chi connectivity index (χ3n) is 10.2. The van der Waals surface area contributed by atoms with E-state index in [0.717, 1.165) is 93.6 Å². The second-order valence-electron chi connectivity index (χ2n) is 13.2. The van der Waals surface area contributed by atoms with Gasteiger partial charge in [0.25, 0.3) is 0 Å². The molecule has 6 heteroatoms. The van der Waals surface area contributed by atoms with Crippen LogP contribution in [0.15, 0.2) is 160 Å². The van der Waals surface area contributed by atoms with E-state index in [0.29, 0.717) is 17.5 Å². The molecule has 0 saturated heterocycles. The molecule has 11 rings (SSSR count). The van der Waals surface area contributed by atoms with Gasteiger partial charge in [-0.05, 0) is 42.8 Å². The van der Waals surface area contributed by atoms with E-state index in [4.69, 9.17) is 23.8 Å². The minimum atomic E-state index is 0.558. The Morgan fingerprint density at radius 2 is 1.00 bits per heavy atom. The monoisotopic (exact) mass is 668 g/mol. The smallest absolute Gasteiger partial charge is 0.168 e. The third-order valence-corrected chi connectivity index (χ3v) is 10.2. The van der Waals surface area contributed by atoms with Crippen LogP contribution in [0.2, 0.25) is 0 Å². The lowest BCUT2D eigenvalue weighted by molar-refractivity contribution is 0.668. The van der Waals surface area contributed by atoms with Crippen molar-refractivity contribution in [1.29, 1.82) is 0 Å². The molecule has 0 unspecified atom stereocenters. The summed E-state index contributed by atoms with van der Waals surface area (Å²) >= 11 is 0. The van der Waals surface area contributed by atoms with Crippen LogP contribution in [0.1, 0.15) is 5.56 Å². The van der Waals surface area contributed by atoms with Crippen LogP contribution in [0.25, 0.3) is 106 Å². The Balaban J connectivity index is 1.28. The molecule has 0 radical (unpaired) electrons. The second-order valence-corrected chi connectivity index (χ2v) is 13.2. The van der Waals surface area contributed by atoms with E-state index in [1.165, 1.54) is 0 Å². The molecule has 4 aromatic heterocycles. The first-order valence-corrected chi connectivity index (χ1v) is 17.4. The van der Waals surface area contributed by atoms with E-state index in [1.54, 1.807) is 0 Å². The molecule has 0 spiro atoms. The lowest BCUT2D eigenvalue weighted by Crippen LogP contribution is -2.03. The summed E-state index contributed by atoms with van der Waals surface area (Å²) < 4.78 is 15.9. The van der Waals surface area contributed by atoms with E-state index in [9.17, 15) is 0 Å². The molecule has 0 saturated carbocycles. The standard InChI is InChI=1S/C46H28N4O2/c1-27-26-36(50-35-21-11-8-18-30(35)32-24-25-33-31-19-9-12-22-37(31)51-42(33)41(32)50)40-34-20-10-13-23-38(34)52-43(40)39(27)46-48-44(28-14-4-2-5-15-28)47-45(49-46)29-16-6-3-7-17-29/h2-26H,1H3. The van der Waals surface area contributed by atoms with E-state index < -0.39 is 0 Å². The molecule has 52 heavy (non-hydrogen) atoms. The maximum Gasteiger partial charge on any atom is 0.168 e. The number of rotatable bonds is 4. The molecule has 0 aliphatic carbocycles. The molecule has 0 N–H and O–H groups in total. The zero-order chi connectivity index (χ0) is 34.3. The molecule has 11 aromatic rings. The number of hydrogen-bond donors (Lipinski definition) is 0. The molecule has 0 amide bonds. The Hall–Kier alpha value is -7.05. The Bertz CT molecular complexity index is 3130.